The van der Waals surface area contributed by atoms with E-state index in [-0.39, 0.29) is 18.4 Å². The van der Waals surface area contributed by atoms with Crippen LogP contribution in [0.25, 0.3) is 0 Å². The summed E-state index contributed by atoms with van der Waals surface area (Å²) in [6, 6.07) is 13.1. The van der Waals surface area contributed by atoms with Gasteiger partial charge >= 0.3 is 0 Å². The summed E-state index contributed by atoms with van der Waals surface area (Å²) in [7, 11) is 0. The summed E-state index contributed by atoms with van der Waals surface area (Å²) in [5.74, 6) is -0.0589. The Morgan fingerprint density at radius 1 is 1.08 bits per heavy atom. The van der Waals surface area contributed by atoms with Crippen molar-refractivity contribution in [2.24, 2.45) is 0 Å². The number of rotatable bonds is 6. The number of nitrogens with one attached hydrogen (secondary N) is 2. The molecule has 5 nitrogen and oxygen atoms in total. The summed E-state index contributed by atoms with van der Waals surface area (Å²) < 4.78 is 6.37. The van der Waals surface area contributed by atoms with Crippen LogP contribution in [0.5, 0.6) is 5.75 Å². The molecule has 132 valence electrons. The van der Waals surface area contributed by atoms with Crippen LogP contribution in [0.2, 0.25) is 0 Å². The Balaban J connectivity index is 1.87. The molecule has 2 aromatic rings. The average Bonchev–Trinajstić information content (AvgIpc) is 2.58. The minimum atomic E-state index is -0.716. The quantitative estimate of drug-likeness (QED) is 0.772. The summed E-state index contributed by atoms with van der Waals surface area (Å²) in [5.41, 5.74) is 2.73. The highest BCUT2D eigenvalue weighted by atomic mass is 79.9. The van der Waals surface area contributed by atoms with Crippen LogP contribution < -0.4 is 15.4 Å². The van der Waals surface area contributed by atoms with E-state index in [9.17, 15) is 9.59 Å². The summed E-state index contributed by atoms with van der Waals surface area (Å²) in [5, 5.41) is 5.42. The summed E-state index contributed by atoms with van der Waals surface area (Å²) >= 11 is 3.37. The summed E-state index contributed by atoms with van der Waals surface area (Å²) in [6.45, 7) is 5.37. The first kappa shape index (κ1) is 19.0. The molecule has 2 rings (SSSR count). The van der Waals surface area contributed by atoms with Crippen LogP contribution in [0.1, 0.15) is 18.1 Å². The predicted molar refractivity (Wildman–Crippen MR) is 102 cm³/mol. The maximum atomic E-state index is 12.1. The van der Waals surface area contributed by atoms with Crippen LogP contribution >= 0.6 is 15.9 Å². The zero-order valence-electron chi connectivity index (χ0n) is 14.4. The third-order valence-corrected chi connectivity index (χ3v) is 4.33. The van der Waals surface area contributed by atoms with Crippen molar-refractivity contribution < 1.29 is 14.3 Å². The number of hydrogen-bond acceptors (Lipinski definition) is 3. The lowest BCUT2D eigenvalue weighted by Gasteiger charge is -2.16. The number of carbonyl (C=O) groups is 2. The fourth-order valence-electron chi connectivity index (χ4n) is 2.29. The Hall–Kier alpha value is -2.34. The minimum absolute atomic E-state index is 0.115. The van der Waals surface area contributed by atoms with Crippen LogP contribution in [0.15, 0.2) is 46.9 Å². The maximum absolute atomic E-state index is 12.1. The Labute approximate surface area is 155 Å². The second-order valence-electron chi connectivity index (χ2n) is 5.72. The SMILES string of the molecule is Cc1cccc(C)c1NC(=O)CNC(=O)C(C)Oc1ccccc1Br. The van der Waals surface area contributed by atoms with E-state index in [1.54, 1.807) is 13.0 Å². The van der Waals surface area contributed by atoms with Crippen molar-refractivity contribution in [3.8, 4) is 5.75 Å². The molecule has 0 aliphatic rings. The Bertz CT molecular complexity index is 757. The van der Waals surface area contributed by atoms with E-state index >= 15 is 0 Å². The standard InChI is InChI=1S/C19H21BrN2O3/c1-12-7-6-8-13(2)18(12)22-17(23)11-21-19(24)14(3)25-16-10-5-4-9-15(16)20/h4-10,14H,11H2,1-3H3,(H,21,24)(H,22,23). The van der Waals surface area contributed by atoms with Crippen LogP contribution in [-0.2, 0) is 9.59 Å². The summed E-state index contributed by atoms with van der Waals surface area (Å²) in [6.07, 6.45) is -0.716. The number of amides is 2. The van der Waals surface area contributed by atoms with Gasteiger partial charge in [0.15, 0.2) is 6.10 Å². The molecule has 0 aliphatic carbocycles. The Morgan fingerprint density at radius 3 is 2.36 bits per heavy atom. The smallest absolute Gasteiger partial charge is 0.261 e. The molecule has 1 atom stereocenters. The third kappa shape index (κ3) is 5.32. The molecule has 0 saturated carbocycles. The number of ether oxygens (including phenoxy) is 1. The van der Waals surface area contributed by atoms with Gasteiger partial charge in [-0.25, -0.2) is 0 Å². The molecule has 2 amide bonds. The van der Waals surface area contributed by atoms with Crippen LogP contribution in [0, 0.1) is 13.8 Å². The lowest BCUT2D eigenvalue weighted by atomic mass is 10.1. The molecule has 1 unspecified atom stereocenters. The molecule has 0 aromatic heterocycles. The van der Waals surface area contributed by atoms with Crippen molar-refractivity contribution in [2.45, 2.75) is 26.9 Å². The van der Waals surface area contributed by atoms with Gasteiger partial charge in [0, 0.05) is 5.69 Å². The van der Waals surface area contributed by atoms with E-state index in [0.29, 0.717) is 5.75 Å². The second-order valence-corrected chi connectivity index (χ2v) is 6.58. The van der Waals surface area contributed by atoms with Gasteiger partial charge in [-0.3, -0.25) is 9.59 Å². The molecule has 0 aliphatic heterocycles. The van der Waals surface area contributed by atoms with Gasteiger partial charge in [0.25, 0.3) is 5.91 Å². The molecule has 0 radical (unpaired) electrons. The molecule has 0 spiro atoms. The van der Waals surface area contributed by atoms with Gasteiger partial charge in [-0.2, -0.15) is 0 Å². The van der Waals surface area contributed by atoms with Crippen molar-refractivity contribution in [2.75, 3.05) is 11.9 Å². The number of para-hydroxylation sites is 2. The normalized spacial score (nSPS) is 11.5. The van der Waals surface area contributed by atoms with Gasteiger partial charge < -0.3 is 15.4 Å². The predicted octanol–water partition coefficient (Wildman–Crippen LogP) is 3.59. The number of hydrogen-bond donors (Lipinski definition) is 2. The molecular formula is C19H21BrN2O3. The average molecular weight is 405 g/mol. The van der Waals surface area contributed by atoms with E-state index in [2.05, 4.69) is 26.6 Å². The topological polar surface area (TPSA) is 67.4 Å². The highest BCUT2D eigenvalue weighted by Gasteiger charge is 2.17. The molecular weight excluding hydrogens is 384 g/mol. The molecule has 0 bridgehead atoms. The zero-order chi connectivity index (χ0) is 18.4. The van der Waals surface area contributed by atoms with Crippen LogP contribution in [-0.4, -0.2) is 24.5 Å². The number of carbonyl (C=O) groups excluding carboxylic acids is 2. The number of anilines is 1. The summed E-state index contributed by atoms with van der Waals surface area (Å²) in [4.78, 5) is 24.2. The first-order valence-electron chi connectivity index (χ1n) is 7.93. The first-order chi connectivity index (χ1) is 11.9. The van der Waals surface area contributed by atoms with Crippen molar-refractivity contribution in [1.29, 1.82) is 0 Å². The van der Waals surface area contributed by atoms with Gasteiger partial charge in [0.1, 0.15) is 5.75 Å². The number of benzene rings is 2. The molecule has 2 N–H and O–H groups in total. The van der Waals surface area contributed by atoms with E-state index < -0.39 is 6.10 Å². The van der Waals surface area contributed by atoms with Gasteiger partial charge in [0.05, 0.1) is 11.0 Å². The lowest BCUT2D eigenvalue weighted by Crippen LogP contribution is -2.40. The highest BCUT2D eigenvalue weighted by molar-refractivity contribution is 9.10. The van der Waals surface area contributed by atoms with Crippen molar-refractivity contribution >= 4 is 33.4 Å². The van der Waals surface area contributed by atoms with E-state index in [0.717, 1.165) is 21.3 Å². The fourth-order valence-corrected chi connectivity index (χ4v) is 2.67. The molecule has 25 heavy (non-hydrogen) atoms. The number of aryl methyl sites for hydroxylation is 2. The van der Waals surface area contributed by atoms with Gasteiger partial charge in [-0.1, -0.05) is 30.3 Å². The molecule has 0 saturated heterocycles. The van der Waals surface area contributed by atoms with E-state index in [1.165, 1.54) is 0 Å². The van der Waals surface area contributed by atoms with Gasteiger partial charge in [-0.15, -0.1) is 0 Å². The fraction of sp³-hybridized carbons (Fsp3) is 0.263. The van der Waals surface area contributed by atoms with Crippen molar-refractivity contribution in [3.63, 3.8) is 0 Å². The van der Waals surface area contributed by atoms with E-state index in [1.807, 2.05) is 50.2 Å². The van der Waals surface area contributed by atoms with Crippen LogP contribution in [0.3, 0.4) is 0 Å². The van der Waals surface area contributed by atoms with E-state index in [4.69, 9.17) is 4.74 Å². The lowest BCUT2D eigenvalue weighted by molar-refractivity contribution is -0.129. The zero-order valence-corrected chi connectivity index (χ0v) is 16.0. The first-order valence-corrected chi connectivity index (χ1v) is 8.72. The largest absolute Gasteiger partial charge is 0.480 e. The monoisotopic (exact) mass is 404 g/mol. The highest BCUT2D eigenvalue weighted by Crippen LogP contribution is 2.24. The second kappa shape index (κ2) is 8.67. The third-order valence-electron chi connectivity index (χ3n) is 3.68. The van der Waals surface area contributed by atoms with Crippen molar-refractivity contribution in [1.82, 2.24) is 5.32 Å². The molecule has 6 heteroatoms. The minimum Gasteiger partial charge on any atom is -0.480 e. The Morgan fingerprint density at radius 2 is 1.72 bits per heavy atom. The van der Waals surface area contributed by atoms with Crippen LogP contribution in [0.4, 0.5) is 5.69 Å². The maximum Gasteiger partial charge on any atom is 0.261 e. The number of halogens is 1. The van der Waals surface area contributed by atoms with Gasteiger partial charge in [0.2, 0.25) is 5.91 Å². The Kier molecular flexibility index (Phi) is 6.58. The van der Waals surface area contributed by atoms with Crippen molar-refractivity contribution in [3.05, 3.63) is 58.1 Å². The molecule has 0 fully saturated rings. The molecule has 0 heterocycles. The van der Waals surface area contributed by atoms with Gasteiger partial charge in [-0.05, 0) is 60.0 Å². The molecule has 2 aromatic carbocycles.